The molecule has 0 aliphatic rings. The summed E-state index contributed by atoms with van der Waals surface area (Å²) in [6.45, 7) is 0.379. The van der Waals surface area contributed by atoms with Gasteiger partial charge in [0.25, 0.3) is 0 Å². The Morgan fingerprint density at radius 1 is 1.27 bits per heavy atom. The van der Waals surface area contributed by atoms with Crippen molar-refractivity contribution in [3.05, 3.63) is 23.8 Å². The van der Waals surface area contributed by atoms with E-state index in [0.29, 0.717) is 13.0 Å². The highest BCUT2D eigenvalue weighted by Crippen LogP contribution is 2.20. The number of rotatable bonds is 6. The van der Waals surface area contributed by atoms with E-state index in [1.807, 2.05) is 0 Å². The van der Waals surface area contributed by atoms with Crippen LogP contribution >= 0.6 is 12.4 Å². The Labute approximate surface area is 135 Å². The van der Waals surface area contributed by atoms with E-state index in [4.69, 9.17) is 5.73 Å². The summed E-state index contributed by atoms with van der Waals surface area (Å²) in [6, 6.07) is 3.86. The van der Waals surface area contributed by atoms with Gasteiger partial charge in [0.05, 0.1) is 17.6 Å². The number of ether oxygens (including phenoxy) is 1. The molecule has 1 aromatic rings. The molecule has 9 heteroatoms. The topological polar surface area (TPSA) is 116 Å². The fourth-order valence-corrected chi connectivity index (χ4v) is 2.29. The van der Waals surface area contributed by atoms with Gasteiger partial charge in [0, 0.05) is 18.4 Å². The van der Waals surface area contributed by atoms with E-state index >= 15 is 0 Å². The molecule has 0 aliphatic carbocycles. The van der Waals surface area contributed by atoms with E-state index in [0.717, 1.165) is 6.26 Å². The second kappa shape index (κ2) is 8.72. The minimum absolute atomic E-state index is 0. The fraction of sp³-hybridized carbons (Fsp3) is 0.385. The first-order chi connectivity index (χ1) is 9.77. The summed E-state index contributed by atoms with van der Waals surface area (Å²) >= 11 is 0. The molecular weight excluding hydrogens is 332 g/mol. The molecule has 0 saturated carbocycles. The smallest absolute Gasteiger partial charge is 0.337 e. The molecule has 0 aromatic heterocycles. The number of carbonyl (C=O) groups is 2. The van der Waals surface area contributed by atoms with Gasteiger partial charge >= 0.3 is 5.97 Å². The van der Waals surface area contributed by atoms with Crippen LogP contribution in [0.15, 0.2) is 23.1 Å². The molecule has 22 heavy (non-hydrogen) atoms. The van der Waals surface area contributed by atoms with E-state index in [1.54, 1.807) is 0 Å². The molecule has 0 unspecified atom stereocenters. The molecule has 3 N–H and O–H groups in total. The molecule has 124 valence electrons. The number of benzene rings is 1. The standard InChI is InChI=1S/C13H18N2O5S.ClH/c1-20-13(17)9-6-10(15-12(16)4-3-5-14)8-11(7-9)21(2,18)19;/h6-8H,3-5,14H2,1-2H3,(H,15,16);1H. The predicted octanol–water partition coefficient (Wildman–Crippen LogP) is 0.976. The predicted molar refractivity (Wildman–Crippen MR) is 85.1 cm³/mol. The van der Waals surface area contributed by atoms with Crippen molar-refractivity contribution in [3.8, 4) is 0 Å². The summed E-state index contributed by atoms with van der Waals surface area (Å²) in [4.78, 5) is 23.1. The molecule has 1 aromatic carbocycles. The van der Waals surface area contributed by atoms with Crippen molar-refractivity contribution in [2.45, 2.75) is 17.7 Å². The molecule has 0 bridgehead atoms. The van der Waals surface area contributed by atoms with Crippen molar-refractivity contribution in [1.29, 1.82) is 0 Å². The van der Waals surface area contributed by atoms with Gasteiger partial charge < -0.3 is 15.8 Å². The molecule has 0 radical (unpaired) electrons. The Balaban J connectivity index is 0.00000441. The molecule has 0 aliphatic heterocycles. The van der Waals surface area contributed by atoms with Crippen molar-refractivity contribution in [3.63, 3.8) is 0 Å². The number of nitrogens with one attached hydrogen (secondary N) is 1. The molecular formula is C13H19ClN2O5S. The number of methoxy groups -OCH3 is 1. The third-order valence-electron chi connectivity index (χ3n) is 2.65. The highest BCUT2D eigenvalue weighted by molar-refractivity contribution is 7.90. The lowest BCUT2D eigenvalue weighted by atomic mass is 10.2. The zero-order chi connectivity index (χ0) is 16.0. The van der Waals surface area contributed by atoms with Gasteiger partial charge in [-0.25, -0.2) is 13.2 Å². The first-order valence-electron chi connectivity index (χ1n) is 6.21. The van der Waals surface area contributed by atoms with E-state index in [1.165, 1.54) is 25.3 Å². The van der Waals surface area contributed by atoms with Gasteiger partial charge in [-0.05, 0) is 31.2 Å². The number of anilines is 1. The largest absolute Gasteiger partial charge is 0.465 e. The number of carbonyl (C=O) groups excluding carboxylic acids is 2. The third kappa shape index (κ3) is 6.00. The van der Waals surface area contributed by atoms with Crippen LogP contribution in [0.25, 0.3) is 0 Å². The van der Waals surface area contributed by atoms with Gasteiger partial charge in [0.2, 0.25) is 5.91 Å². The number of sulfone groups is 1. The van der Waals surface area contributed by atoms with Crippen LogP contribution in [0.2, 0.25) is 0 Å². The maximum atomic E-state index is 11.7. The van der Waals surface area contributed by atoms with Gasteiger partial charge in [-0.15, -0.1) is 12.4 Å². The quantitative estimate of drug-likeness (QED) is 0.739. The van der Waals surface area contributed by atoms with Crippen molar-refractivity contribution in [2.75, 3.05) is 25.2 Å². The normalized spacial score (nSPS) is 10.5. The Morgan fingerprint density at radius 2 is 1.91 bits per heavy atom. The number of nitrogens with two attached hydrogens (primary N) is 1. The Hall–Kier alpha value is -1.64. The highest BCUT2D eigenvalue weighted by atomic mass is 35.5. The summed E-state index contributed by atoms with van der Waals surface area (Å²) < 4.78 is 27.8. The lowest BCUT2D eigenvalue weighted by Gasteiger charge is -2.09. The van der Waals surface area contributed by atoms with Crippen LogP contribution in [0.5, 0.6) is 0 Å². The maximum absolute atomic E-state index is 11.7. The van der Waals surface area contributed by atoms with Gasteiger partial charge in [-0.3, -0.25) is 4.79 Å². The lowest BCUT2D eigenvalue weighted by Crippen LogP contribution is -2.14. The summed E-state index contributed by atoms with van der Waals surface area (Å²) in [5.41, 5.74) is 5.59. The van der Waals surface area contributed by atoms with Crippen LogP contribution < -0.4 is 11.1 Å². The number of hydrogen-bond acceptors (Lipinski definition) is 6. The molecule has 1 amide bonds. The number of esters is 1. The van der Waals surface area contributed by atoms with Gasteiger partial charge in [0.15, 0.2) is 9.84 Å². The van der Waals surface area contributed by atoms with Crippen molar-refractivity contribution in [1.82, 2.24) is 0 Å². The maximum Gasteiger partial charge on any atom is 0.337 e. The van der Waals surface area contributed by atoms with Crippen LogP contribution in [0.4, 0.5) is 5.69 Å². The second-order valence-corrected chi connectivity index (χ2v) is 6.47. The Bertz CT molecular complexity index is 646. The van der Waals surface area contributed by atoms with Crippen molar-refractivity contribution >= 4 is 39.8 Å². The number of hydrogen-bond donors (Lipinski definition) is 2. The molecule has 0 fully saturated rings. The van der Waals surface area contributed by atoms with E-state index < -0.39 is 15.8 Å². The first-order valence-corrected chi connectivity index (χ1v) is 8.10. The van der Waals surface area contributed by atoms with Crippen LogP contribution in [0.3, 0.4) is 0 Å². The van der Waals surface area contributed by atoms with Gasteiger partial charge in [0.1, 0.15) is 0 Å². The van der Waals surface area contributed by atoms with Crippen molar-refractivity contribution < 1.29 is 22.7 Å². The van der Waals surface area contributed by atoms with E-state index in [9.17, 15) is 18.0 Å². The monoisotopic (exact) mass is 350 g/mol. The van der Waals surface area contributed by atoms with Crippen LogP contribution in [-0.2, 0) is 19.4 Å². The summed E-state index contributed by atoms with van der Waals surface area (Å²) in [5, 5.41) is 2.54. The minimum Gasteiger partial charge on any atom is -0.465 e. The molecule has 7 nitrogen and oxygen atoms in total. The second-order valence-electron chi connectivity index (χ2n) is 4.45. The number of amides is 1. The van der Waals surface area contributed by atoms with Gasteiger partial charge in [-0.1, -0.05) is 0 Å². The third-order valence-corrected chi connectivity index (χ3v) is 3.74. The van der Waals surface area contributed by atoms with Crippen molar-refractivity contribution in [2.24, 2.45) is 5.73 Å². The van der Waals surface area contributed by atoms with E-state index in [2.05, 4.69) is 10.1 Å². The molecule has 1 rings (SSSR count). The van der Waals surface area contributed by atoms with Crippen LogP contribution in [0.1, 0.15) is 23.2 Å². The summed E-state index contributed by atoms with van der Waals surface area (Å²) in [5.74, 6) is -0.986. The van der Waals surface area contributed by atoms with Gasteiger partial charge in [-0.2, -0.15) is 0 Å². The summed E-state index contributed by atoms with van der Waals surface area (Å²) in [7, 11) is -2.33. The fourth-order valence-electron chi connectivity index (χ4n) is 1.61. The lowest BCUT2D eigenvalue weighted by molar-refractivity contribution is -0.116. The highest BCUT2D eigenvalue weighted by Gasteiger charge is 2.15. The average molecular weight is 351 g/mol. The summed E-state index contributed by atoms with van der Waals surface area (Å²) in [6.07, 6.45) is 1.75. The Kier molecular flexibility index (Phi) is 8.07. The number of halogens is 1. The van der Waals surface area contributed by atoms with Crippen LogP contribution in [0, 0.1) is 0 Å². The average Bonchev–Trinajstić information content (AvgIpc) is 2.42. The zero-order valence-corrected chi connectivity index (χ0v) is 13.9. The van der Waals surface area contributed by atoms with E-state index in [-0.39, 0.29) is 40.9 Å². The molecule has 0 heterocycles. The molecule has 0 atom stereocenters. The van der Waals surface area contributed by atoms with Crippen LogP contribution in [-0.4, -0.2) is 40.2 Å². The first kappa shape index (κ1) is 20.4. The molecule has 0 spiro atoms. The SMILES string of the molecule is COC(=O)c1cc(NC(=O)CCCN)cc(S(C)(=O)=O)c1.Cl. The minimum atomic E-state index is -3.52. The zero-order valence-electron chi connectivity index (χ0n) is 12.3. The Morgan fingerprint density at radius 3 is 2.41 bits per heavy atom. The molecule has 0 saturated heterocycles.